The summed E-state index contributed by atoms with van der Waals surface area (Å²) in [6, 6.07) is 8.91. The molecule has 0 radical (unpaired) electrons. The van der Waals surface area contributed by atoms with E-state index in [0.717, 1.165) is 36.9 Å². The quantitative estimate of drug-likeness (QED) is 0.874. The van der Waals surface area contributed by atoms with Crippen LogP contribution in [0.3, 0.4) is 0 Å². The van der Waals surface area contributed by atoms with Gasteiger partial charge >= 0.3 is 0 Å². The van der Waals surface area contributed by atoms with Crippen LogP contribution in [-0.2, 0) is 4.79 Å². The first-order valence-electron chi connectivity index (χ1n) is 7.74. The smallest absolute Gasteiger partial charge is 0.221 e. The van der Waals surface area contributed by atoms with Gasteiger partial charge in [-0.15, -0.1) is 0 Å². The minimum atomic E-state index is 0.188. The lowest BCUT2D eigenvalue weighted by Gasteiger charge is -2.20. The highest BCUT2D eigenvalue weighted by Crippen LogP contribution is 2.28. The summed E-state index contributed by atoms with van der Waals surface area (Å²) in [5, 5.41) is 6.57. The van der Waals surface area contributed by atoms with Crippen LogP contribution >= 0.6 is 15.9 Å². The fraction of sp³-hybridized carbons (Fsp3) is 0.562. The first-order valence-corrected chi connectivity index (χ1v) is 8.54. The molecule has 0 spiro atoms. The van der Waals surface area contributed by atoms with Crippen LogP contribution in [0.5, 0.6) is 0 Å². The van der Waals surface area contributed by atoms with E-state index >= 15 is 0 Å². The number of hydrogen-bond donors (Lipinski definition) is 2. The molecular formula is C16H22BrN3O. The minimum absolute atomic E-state index is 0.188. The molecule has 2 N–H and O–H groups in total. The number of benzene rings is 1. The van der Waals surface area contributed by atoms with Crippen LogP contribution in [0, 0.1) is 0 Å². The predicted molar refractivity (Wildman–Crippen MR) is 88.5 cm³/mol. The van der Waals surface area contributed by atoms with Crippen molar-refractivity contribution in [3.8, 4) is 0 Å². The van der Waals surface area contributed by atoms with E-state index < -0.39 is 0 Å². The van der Waals surface area contributed by atoms with Crippen molar-refractivity contribution >= 4 is 27.5 Å². The van der Waals surface area contributed by atoms with E-state index in [1.807, 2.05) is 6.07 Å². The van der Waals surface area contributed by atoms with Crippen LogP contribution in [-0.4, -0.2) is 37.6 Å². The Bertz CT molecular complexity index is 502. The molecule has 2 aliphatic rings. The fourth-order valence-electron chi connectivity index (χ4n) is 3.25. The molecule has 0 aliphatic carbocycles. The van der Waals surface area contributed by atoms with Crippen molar-refractivity contribution in [2.24, 2.45) is 0 Å². The van der Waals surface area contributed by atoms with Gasteiger partial charge in [0.1, 0.15) is 0 Å². The summed E-state index contributed by atoms with van der Waals surface area (Å²) in [6.45, 7) is 2.94. The van der Waals surface area contributed by atoms with Crippen molar-refractivity contribution in [2.75, 3.05) is 24.5 Å². The number of halogens is 1. The Hall–Kier alpha value is -1.07. The van der Waals surface area contributed by atoms with Crippen LogP contribution in [0.1, 0.15) is 25.7 Å². The van der Waals surface area contributed by atoms with Gasteiger partial charge in [-0.05, 0) is 53.9 Å². The third-order valence-corrected chi connectivity index (χ3v) is 5.01. The molecule has 0 saturated carbocycles. The Morgan fingerprint density at radius 3 is 3.00 bits per heavy atom. The van der Waals surface area contributed by atoms with Gasteiger partial charge in [-0.2, -0.15) is 0 Å². The summed E-state index contributed by atoms with van der Waals surface area (Å²) < 4.78 is 1.12. The summed E-state index contributed by atoms with van der Waals surface area (Å²) in [4.78, 5) is 14.4. The van der Waals surface area contributed by atoms with Gasteiger partial charge in [-0.1, -0.05) is 12.1 Å². The second-order valence-electron chi connectivity index (χ2n) is 5.95. The molecule has 114 valence electrons. The molecule has 2 fully saturated rings. The molecule has 1 amide bonds. The Labute approximate surface area is 134 Å². The molecule has 1 aromatic rings. The SMILES string of the molecule is O=C(CC1CCCN1)NC1CCN(c2ccccc2Br)C1. The summed E-state index contributed by atoms with van der Waals surface area (Å²) >= 11 is 3.60. The second kappa shape index (κ2) is 6.79. The van der Waals surface area contributed by atoms with Gasteiger partial charge in [0.05, 0.1) is 5.69 Å². The van der Waals surface area contributed by atoms with Gasteiger partial charge in [0, 0.05) is 36.1 Å². The molecule has 2 heterocycles. The molecule has 2 atom stereocenters. The number of hydrogen-bond acceptors (Lipinski definition) is 3. The Morgan fingerprint density at radius 1 is 1.38 bits per heavy atom. The zero-order chi connectivity index (χ0) is 14.7. The average Bonchev–Trinajstić information content (AvgIpc) is 3.11. The summed E-state index contributed by atoms with van der Waals surface area (Å²) in [6.07, 6.45) is 3.95. The largest absolute Gasteiger partial charge is 0.368 e. The third-order valence-electron chi connectivity index (χ3n) is 4.34. The summed E-state index contributed by atoms with van der Waals surface area (Å²) in [5.41, 5.74) is 1.21. The fourth-order valence-corrected chi connectivity index (χ4v) is 3.78. The molecule has 0 aromatic heterocycles. The van der Waals surface area contributed by atoms with E-state index in [9.17, 15) is 4.79 Å². The van der Waals surface area contributed by atoms with E-state index in [4.69, 9.17) is 0 Å². The molecular weight excluding hydrogens is 330 g/mol. The molecule has 0 bridgehead atoms. The van der Waals surface area contributed by atoms with Gasteiger partial charge in [-0.25, -0.2) is 0 Å². The van der Waals surface area contributed by atoms with Crippen LogP contribution < -0.4 is 15.5 Å². The Morgan fingerprint density at radius 2 is 2.24 bits per heavy atom. The first-order chi connectivity index (χ1) is 10.2. The number of amides is 1. The lowest BCUT2D eigenvalue weighted by Crippen LogP contribution is -2.39. The third kappa shape index (κ3) is 3.77. The van der Waals surface area contributed by atoms with Gasteiger partial charge < -0.3 is 15.5 Å². The predicted octanol–water partition coefficient (Wildman–Crippen LogP) is 2.29. The van der Waals surface area contributed by atoms with Crippen molar-refractivity contribution in [2.45, 2.75) is 37.8 Å². The summed E-state index contributed by atoms with van der Waals surface area (Å²) in [7, 11) is 0. The van der Waals surface area contributed by atoms with E-state index in [1.165, 1.54) is 12.1 Å². The van der Waals surface area contributed by atoms with E-state index in [-0.39, 0.29) is 11.9 Å². The molecule has 2 unspecified atom stereocenters. The molecule has 21 heavy (non-hydrogen) atoms. The monoisotopic (exact) mass is 351 g/mol. The molecule has 1 aromatic carbocycles. The highest BCUT2D eigenvalue weighted by atomic mass is 79.9. The van der Waals surface area contributed by atoms with Crippen molar-refractivity contribution in [3.05, 3.63) is 28.7 Å². The lowest BCUT2D eigenvalue weighted by atomic mass is 10.1. The number of nitrogens with zero attached hydrogens (tertiary/aromatic N) is 1. The highest BCUT2D eigenvalue weighted by molar-refractivity contribution is 9.10. The highest BCUT2D eigenvalue weighted by Gasteiger charge is 2.26. The number of carbonyl (C=O) groups is 1. The van der Waals surface area contributed by atoms with Crippen molar-refractivity contribution in [1.29, 1.82) is 0 Å². The minimum Gasteiger partial charge on any atom is -0.368 e. The van der Waals surface area contributed by atoms with E-state index in [0.29, 0.717) is 12.5 Å². The Balaban J connectivity index is 1.50. The average molecular weight is 352 g/mol. The molecule has 2 saturated heterocycles. The van der Waals surface area contributed by atoms with Gasteiger partial charge in [-0.3, -0.25) is 4.79 Å². The molecule has 4 nitrogen and oxygen atoms in total. The normalized spacial score (nSPS) is 25.3. The first kappa shape index (κ1) is 14.9. The number of carbonyl (C=O) groups excluding carboxylic acids is 1. The second-order valence-corrected chi connectivity index (χ2v) is 6.80. The maximum Gasteiger partial charge on any atom is 0.221 e. The standard InChI is InChI=1S/C16H22BrN3O/c17-14-5-1-2-6-15(14)20-9-7-13(11-20)19-16(21)10-12-4-3-8-18-12/h1-2,5-6,12-13,18H,3-4,7-11H2,(H,19,21). The topological polar surface area (TPSA) is 44.4 Å². The van der Waals surface area contributed by atoms with Gasteiger partial charge in [0.2, 0.25) is 5.91 Å². The van der Waals surface area contributed by atoms with Crippen molar-refractivity contribution in [3.63, 3.8) is 0 Å². The Kier molecular flexibility index (Phi) is 4.80. The van der Waals surface area contributed by atoms with Crippen LogP contribution in [0.25, 0.3) is 0 Å². The van der Waals surface area contributed by atoms with E-state index in [1.54, 1.807) is 0 Å². The maximum absolute atomic E-state index is 12.1. The zero-order valence-electron chi connectivity index (χ0n) is 12.1. The zero-order valence-corrected chi connectivity index (χ0v) is 13.7. The van der Waals surface area contributed by atoms with Gasteiger partial charge in [0.25, 0.3) is 0 Å². The number of anilines is 1. The number of para-hydroxylation sites is 1. The van der Waals surface area contributed by atoms with Crippen LogP contribution in [0.15, 0.2) is 28.7 Å². The molecule has 5 heteroatoms. The van der Waals surface area contributed by atoms with Crippen molar-refractivity contribution in [1.82, 2.24) is 10.6 Å². The van der Waals surface area contributed by atoms with Crippen molar-refractivity contribution < 1.29 is 4.79 Å². The molecule has 2 aliphatic heterocycles. The van der Waals surface area contributed by atoms with Gasteiger partial charge in [0.15, 0.2) is 0 Å². The molecule has 3 rings (SSSR count). The number of nitrogens with one attached hydrogen (secondary N) is 2. The van der Waals surface area contributed by atoms with E-state index in [2.05, 4.69) is 49.7 Å². The lowest BCUT2D eigenvalue weighted by molar-refractivity contribution is -0.122. The van der Waals surface area contributed by atoms with Crippen LogP contribution in [0.4, 0.5) is 5.69 Å². The number of rotatable bonds is 4. The maximum atomic E-state index is 12.1. The van der Waals surface area contributed by atoms with Crippen LogP contribution in [0.2, 0.25) is 0 Å². The summed E-state index contributed by atoms with van der Waals surface area (Å²) in [5.74, 6) is 0.188.